The third-order valence-corrected chi connectivity index (χ3v) is 3.88. The number of anilines is 2. The van der Waals surface area contributed by atoms with E-state index in [1.54, 1.807) is 49.8 Å². The molecule has 27 heavy (non-hydrogen) atoms. The number of hydrogen-bond acceptors (Lipinski definition) is 6. The van der Waals surface area contributed by atoms with Crippen molar-refractivity contribution < 1.29 is 14.3 Å². The van der Waals surface area contributed by atoms with E-state index in [2.05, 4.69) is 20.6 Å². The van der Waals surface area contributed by atoms with E-state index >= 15 is 0 Å². The Morgan fingerprint density at radius 3 is 2.63 bits per heavy atom. The van der Waals surface area contributed by atoms with Crippen molar-refractivity contribution in [2.24, 2.45) is 0 Å². The lowest BCUT2D eigenvalue weighted by Gasteiger charge is -2.12. The molecule has 2 heterocycles. The largest absolute Gasteiger partial charge is 0.497 e. The number of amides is 1. The SMILES string of the molecule is COc1ccc(NC(=O)c2ccc(NCc3cccnc3)nc2)c(OC)c1. The van der Waals surface area contributed by atoms with Crippen molar-refractivity contribution in [2.45, 2.75) is 6.54 Å². The molecule has 0 spiro atoms. The second-order valence-corrected chi connectivity index (χ2v) is 5.67. The lowest BCUT2D eigenvalue weighted by atomic mass is 10.2. The van der Waals surface area contributed by atoms with Gasteiger partial charge in [-0.05, 0) is 35.9 Å². The monoisotopic (exact) mass is 364 g/mol. The highest BCUT2D eigenvalue weighted by Crippen LogP contribution is 2.29. The summed E-state index contributed by atoms with van der Waals surface area (Å²) in [6.45, 7) is 0.607. The molecule has 0 atom stereocenters. The van der Waals surface area contributed by atoms with Crippen molar-refractivity contribution in [3.8, 4) is 11.5 Å². The molecule has 2 N–H and O–H groups in total. The summed E-state index contributed by atoms with van der Waals surface area (Å²) >= 11 is 0. The van der Waals surface area contributed by atoms with Crippen LogP contribution in [0.5, 0.6) is 11.5 Å². The van der Waals surface area contributed by atoms with Gasteiger partial charge in [0.1, 0.15) is 17.3 Å². The van der Waals surface area contributed by atoms with Gasteiger partial charge in [0.05, 0.1) is 25.5 Å². The van der Waals surface area contributed by atoms with Gasteiger partial charge in [-0.3, -0.25) is 9.78 Å². The lowest BCUT2D eigenvalue weighted by Crippen LogP contribution is -2.13. The number of ether oxygens (including phenoxy) is 2. The molecule has 0 aliphatic carbocycles. The number of hydrogen-bond donors (Lipinski definition) is 2. The van der Waals surface area contributed by atoms with E-state index in [9.17, 15) is 4.79 Å². The van der Waals surface area contributed by atoms with E-state index in [1.165, 1.54) is 13.3 Å². The minimum atomic E-state index is -0.273. The fourth-order valence-electron chi connectivity index (χ4n) is 2.42. The van der Waals surface area contributed by atoms with Crippen molar-refractivity contribution in [2.75, 3.05) is 24.9 Å². The van der Waals surface area contributed by atoms with E-state index in [-0.39, 0.29) is 5.91 Å². The molecule has 3 rings (SSSR count). The summed E-state index contributed by atoms with van der Waals surface area (Å²) < 4.78 is 10.4. The minimum Gasteiger partial charge on any atom is -0.497 e. The predicted molar refractivity (Wildman–Crippen MR) is 103 cm³/mol. The van der Waals surface area contributed by atoms with E-state index in [1.807, 2.05) is 12.1 Å². The molecular weight excluding hydrogens is 344 g/mol. The minimum absolute atomic E-state index is 0.273. The number of pyridine rings is 2. The molecule has 7 heteroatoms. The Labute approximate surface area is 157 Å². The first kappa shape index (κ1) is 18.2. The number of methoxy groups -OCH3 is 2. The molecule has 1 amide bonds. The van der Waals surface area contributed by atoms with Gasteiger partial charge >= 0.3 is 0 Å². The summed E-state index contributed by atoms with van der Waals surface area (Å²) in [6.07, 6.45) is 5.04. The Morgan fingerprint density at radius 1 is 1.07 bits per heavy atom. The van der Waals surface area contributed by atoms with Crippen LogP contribution in [0, 0.1) is 0 Å². The van der Waals surface area contributed by atoms with Gasteiger partial charge in [-0.25, -0.2) is 4.98 Å². The van der Waals surface area contributed by atoms with Crippen LogP contribution in [0.15, 0.2) is 61.1 Å². The van der Waals surface area contributed by atoms with E-state index in [0.717, 1.165) is 5.56 Å². The zero-order valence-corrected chi connectivity index (χ0v) is 15.1. The first-order valence-electron chi connectivity index (χ1n) is 8.32. The van der Waals surface area contributed by atoms with Crippen LogP contribution < -0.4 is 20.1 Å². The van der Waals surface area contributed by atoms with Crippen LogP contribution in [0.3, 0.4) is 0 Å². The number of benzene rings is 1. The zero-order chi connectivity index (χ0) is 19.1. The predicted octanol–water partition coefficient (Wildman–Crippen LogP) is 3.36. The van der Waals surface area contributed by atoms with Gasteiger partial charge in [-0.15, -0.1) is 0 Å². The maximum atomic E-state index is 12.5. The second-order valence-electron chi connectivity index (χ2n) is 5.67. The molecular formula is C20H20N4O3. The van der Waals surface area contributed by atoms with Crippen LogP contribution in [0.25, 0.3) is 0 Å². The summed E-state index contributed by atoms with van der Waals surface area (Å²) in [5.41, 5.74) is 2.05. The zero-order valence-electron chi connectivity index (χ0n) is 15.1. The standard InChI is InChI=1S/C20H20N4O3/c1-26-16-6-7-17(18(10-16)27-2)24-20(25)15-5-8-19(23-13-15)22-12-14-4-3-9-21-11-14/h3-11,13H,12H2,1-2H3,(H,22,23)(H,24,25). The number of rotatable bonds is 7. The van der Waals surface area contributed by atoms with Gasteiger partial charge in [0.2, 0.25) is 0 Å². The van der Waals surface area contributed by atoms with Crippen LogP contribution in [-0.4, -0.2) is 30.1 Å². The first-order valence-corrected chi connectivity index (χ1v) is 8.32. The van der Waals surface area contributed by atoms with Crippen molar-refractivity contribution in [3.63, 3.8) is 0 Å². The van der Waals surface area contributed by atoms with Gasteiger partial charge in [0.15, 0.2) is 0 Å². The quantitative estimate of drug-likeness (QED) is 0.669. The molecule has 0 aliphatic rings. The number of aromatic nitrogens is 2. The number of nitrogens with zero attached hydrogens (tertiary/aromatic N) is 2. The van der Waals surface area contributed by atoms with E-state index in [0.29, 0.717) is 35.1 Å². The van der Waals surface area contributed by atoms with Crippen molar-refractivity contribution in [1.82, 2.24) is 9.97 Å². The van der Waals surface area contributed by atoms with Crippen LogP contribution in [-0.2, 0) is 6.54 Å². The molecule has 7 nitrogen and oxygen atoms in total. The van der Waals surface area contributed by atoms with Gasteiger partial charge < -0.3 is 20.1 Å². The van der Waals surface area contributed by atoms with Crippen LogP contribution >= 0.6 is 0 Å². The molecule has 2 aromatic heterocycles. The number of carbonyl (C=O) groups is 1. The highest BCUT2D eigenvalue weighted by Gasteiger charge is 2.11. The Kier molecular flexibility index (Phi) is 5.84. The lowest BCUT2D eigenvalue weighted by molar-refractivity contribution is 0.102. The molecule has 1 aromatic carbocycles. The summed E-state index contributed by atoms with van der Waals surface area (Å²) in [7, 11) is 3.11. The summed E-state index contributed by atoms with van der Waals surface area (Å²) in [5.74, 6) is 1.57. The fourth-order valence-corrected chi connectivity index (χ4v) is 2.42. The Hall–Kier alpha value is -3.61. The van der Waals surface area contributed by atoms with Crippen LogP contribution in [0.2, 0.25) is 0 Å². The summed E-state index contributed by atoms with van der Waals surface area (Å²) in [5, 5.41) is 6.01. The van der Waals surface area contributed by atoms with Crippen molar-refractivity contribution >= 4 is 17.4 Å². The molecule has 0 bridgehead atoms. The molecule has 138 valence electrons. The normalized spacial score (nSPS) is 10.1. The average Bonchev–Trinajstić information content (AvgIpc) is 2.73. The van der Waals surface area contributed by atoms with E-state index < -0.39 is 0 Å². The Bertz CT molecular complexity index is 899. The first-order chi connectivity index (χ1) is 13.2. The Morgan fingerprint density at radius 2 is 1.96 bits per heavy atom. The molecule has 0 radical (unpaired) electrons. The molecule has 0 aliphatic heterocycles. The van der Waals surface area contributed by atoms with Gasteiger partial charge in [-0.1, -0.05) is 6.07 Å². The maximum absolute atomic E-state index is 12.5. The summed E-state index contributed by atoms with van der Waals surface area (Å²) in [6, 6.07) is 12.5. The second kappa shape index (κ2) is 8.66. The topological polar surface area (TPSA) is 85.4 Å². The van der Waals surface area contributed by atoms with Gasteiger partial charge in [0.25, 0.3) is 5.91 Å². The van der Waals surface area contributed by atoms with Gasteiger partial charge in [0, 0.05) is 31.2 Å². The highest BCUT2D eigenvalue weighted by atomic mass is 16.5. The molecule has 0 fully saturated rings. The third-order valence-electron chi connectivity index (χ3n) is 3.88. The molecule has 0 saturated heterocycles. The molecule has 0 unspecified atom stereocenters. The fraction of sp³-hybridized carbons (Fsp3) is 0.150. The van der Waals surface area contributed by atoms with E-state index in [4.69, 9.17) is 9.47 Å². The number of nitrogens with one attached hydrogen (secondary N) is 2. The van der Waals surface area contributed by atoms with Crippen LogP contribution in [0.1, 0.15) is 15.9 Å². The molecule has 3 aromatic rings. The van der Waals surface area contributed by atoms with Crippen LogP contribution in [0.4, 0.5) is 11.5 Å². The Balaban J connectivity index is 1.64. The smallest absolute Gasteiger partial charge is 0.257 e. The average molecular weight is 364 g/mol. The highest BCUT2D eigenvalue weighted by molar-refractivity contribution is 6.05. The molecule has 0 saturated carbocycles. The number of carbonyl (C=O) groups excluding carboxylic acids is 1. The van der Waals surface area contributed by atoms with Crippen molar-refractivity contribution in [1.29, 1.82) is 0 Å². The maximum Gasteiger partial charge on any atom is 0.257 e. The third kappa shape index (κ3) is 4.72. The van der Waals surface area contributed by atoms with Gasteiger partial charge in [-0.2, -0.15) is 0 Å². The summed E-state index contributed by atoms with van der Waals surface area (Å²) in [4.78, 5) is 20.8. The van der Waals surface area contributed by atoms with Crippen molar-refractivity contribution in [3.05, 3.63) is 72.2 Å².